The van der Waals surface area contributed by atoms with Crippen molar-refractivity contribution in [3.63, 3.8) is 0 Å². The van der Waals surface area contributed by atoms with Gasteiger partial charge in [0.2, 0.25) is 0 Å². The number of carbonyl (C=O) groups is 1. The number of amides is 1. The Morgan fingerprint density at radius 1 is 1.28 bits per heavy atom. The number of hydrogen-bond donors (Lipinski definition) is 3. The van der Waals surface area contributed by atoms with Gasteiger partial charge in [0.05, 0.1) is 6.10 Å². The van der Waals surface area contributed by atoms with Crippen molar-refractivity contribution in [3.05, 3.63) is 0 Å². The van der Waals surface area contributed by atoms with Crippen molar-refractivity contribution in [3.8, 4) is 0 Å². The summed E-state index contributed by atoms with van der Waals surface area (Å²) in [5.41, 5.74) is 0. The molecule has 2 aliphatic carbocycles. The number of piperidine rings is 1. The molecule has 3 N–H and O–H groups in total. The predicted molar refractivity (Wildman–Crippen MR) is 116 cm³/mol. The van der Waals surface area contributed by atoms with Gasteiger partial charge in [-0.15, -0.1) is 0 Å². The topological polar surface area (TPSA) is 127 Å². The molecule has 0 aromatic rings. The standard InChI is InChI=1S/C10H20BNO4.C10H16BNO4/c1-10(2)15-8-6(5-13)4-7(9(8)16-10)12-11(3)14;1-3-16-8-6-4-7(9(8)15-2)12(5-11-14)10(6)13/h6-9,12-14H,4-5H2,1-3H3;6-9H,3-5H2,1-2H3/t6-,7?,8?,9?;/m1./s1. The summed E-state index contributed by atoms with van der Waals surface area (Å²) in [4.78, 5) is 13.5. The van der Waals surface area contributed by atoms with Gasteiger partial charge in [0.25, 0.3) is 0 Å². The number of carbonyl (C=O) groups excluding carboxylic acids is 1. The Labute approximate surface area is 190 Å². The summed E-state index contributed by atoms with van der Waals surface area (Å²) in [6.07, 6.45) is 1.29. The van der Waals surface area contributed by atoms with Gasteiger partial charge in [0.15, 0.2) is 5.79 Å². The molecule has 7 unspecified atom stereocenters. The molecule has 180 valence electrons. The van der Waals surface area contributed by atoms with E-state index in [2.05, 4.69) is 5.23 Å². The van der Waals surface area contributed by atoms with E-state index in [1.807, 2.05) is 20.8 Å². The number of methoxy groups -OCH3 is 1. The summed E-state index contributed by atoms with van der Waals surface area (Å²) in [7, 11) is 1.82. The van der Waals surface area contributed by atoms with Crippen molar-refractivity contribution in [1.82, 2.24) is 10.1 Å². The number of rotatable bonds is 8. The maximum atomic E-state index is 11.9. The first-order valence-electron chi connectivity index (χ1n) is 11.5. The molecule has 12 heteroatoms. The van der Waals surface area contributed by atoms with Crippen LogP contribution in [0.4, 0.5) is 0 Å². The van der Waals surface area contributed by atoms with E-state index in [-0.39, 0.29) is 67.3 Å². The van der Waals surface area contributed by atoms with Crippen molar-refractivity contribution < 1.29 is 38.6 Å². The second-order valence-corrected chi connectivity index (χ2v) is 9.38. The normalized spacial score (nSPS) is 39.0. The molecule has 2 heterocycles. The molecule has 2 aliphatic heterocycles. The molecule has 0 radical (unpaired) electrons. The molecular formula is C20H36B2N2O8. The average molecular weight is 454 g/mol. The zero-order chi connectivity index (χ0) is 23.6. The molecule has 0 aromatic heterocycles. The van der Waals surface area contributed by atoms with Crippen LogP contribution in [0.1, 0.15) is 33.6 Å². The van der Waals surface area contributed by atoms with Gasteiger partial charge >= 0.3 is 102 Å². The summed E-state index contributed by atoms with van der Waals surface area (Å²) in [5, 5.41) is 21.7. The van der Waals surface area contributed by atoms with Crippen molar-refractivity contribution >= 4 is 20.1 Å². The van der Waals surface area contributed by atoms with Gasteiger partial charge in [-0.25, -0.2) is 0 Å². The number of aliphatic hydroxyl groups is 1. The van der Waals surface area contributed by atoms with Gasteiger partial charge in [-0.2, -0.15) is 0 Å². The van der Waals surface area contributed by atoms with E-state index in [0.29, 0.717) is 6.61 Å². The number of nitrogens with zero attached hydrogens (tertiary/aromatic N) is 1. The van der Waals surface area contributed by atoms with Crippen LogP contribution in [-0.4, -0.2) is 104 Å². The molecule has 4 aliphatic rings. The van der Waals surface area contributed by atoms with Crippen LogP contribution in [0.5, 0.6) is 0 Å². The zero-order valence-electron chi connectivity index (χ0n) is 19.6. The van der Waals surface area contributed by atoms with E-state index in [4.69, 9.17) is 18.9 Å². The molecule has 0 aromatic carbocycles. The maximum absolute atomic E-state index is 11.9. The van der Waals surface area contributed by atoms with Crippen LogP contribution in [0.2, 0.25) is 6.82 Å². The molecule has 10 nitrogen and oxygen atoms in total. The first-order valence-corrected chi connectivity index (χ1v) is 11.5. The number of nitrogens with one attached hydrogen (secondary N) is 1. The van der Waals surface area contributed by atoms with E-state index in [0.717, 1.165) is 20.0 Å². The average Bonchev–Trinajstić information content (AvgIpc) is 3.42. The second kappa shape index (κ2) is 10.6. The first-order chi connectivity index (χ1) is 15.2. The van der Waals surface area contributed by atoms with Crippen LogP contribution in [0.25, 0.3) is 0 Å². The summed E-state index contributed by atoms with van der Waals surface area (Å²) in [6.45, 7) is 8.01. The number of fused-ring (bicyclic) bond motifs is 3. The van der Waals surface area contributed by atoms with Gasteiger partial charge in [-0.3, -0.25) is 0 Å². The van der Waals surface area contributed by atoms with Gasteiger partial charge in [0, 0.05) is 18.6 Å². The van der Waals surface area contributed by atoms with E-state index in [9.17, 15) is 19.6 Å². The SMILES string of the molecule is CB(O)NC1C[C@H](CO)C2OC(C)(C)OC12.CCOC1C2CC(C1OC)N(CB=O)C2=O. The van der Waals surface area contributed by atoms with Crippen molar-refractivity contribution in [2.24, 2.45) is 11.8 Å². The number of likely N-dealkylation sites (tertiary alicyclic amines) is 1. The van der Waals surface area contributed by atoms with Gasteiger partial charge < -0.3 is 24.8 Å². The summed E-state index contributed by atoms with van der Waals surface area (Å²) >= 11 is 0. The third-order valence-electron chi connectivity index (χ3n) is 6.77. The molecule has 2 saturated carbocycles. The number of ether oxygens (including phenoxy) is 4. The molecule has 8 atom stereocenters. The number of aliphatic hydroxyl groups excluding tert-OH is 1. The van der Waals surface area contributed by atoms with Crippen LogP contribution >= 0.6 is 0 Å². The van der Waals surface area contributed by atoms with Crippen LogP contribution in [0.3, 0.4) is 0 Å². The Morgan fingerprint density at radius 3 is 2.53 bits per heavy atom. The molecule has 1 amide bonds. The molecule has 2 bridgehead atoms. The molecule has 0 spiro atoms. The van der Waals surface area contributed by atoms with Crippen LogP contribution in [-0.2, 0) is 28.4 Å². The van der Waals surface area contributed by atoms with Crippen molar-refractivity contribution in [1.29, 1.82) is 0 Å². The van der Waals surface area contributed by atoms with E-state index in [1.165, 1.54) is 0 Å². The Morgan fingerprint density at radius 2 is 1.97 bits per heavy atom. The minimum absolute atomic E-state index is 0.00394. The Balaban J connectivity index is 0.000000181. The van der Waals surface area contributed by atoms with E-state index in [1.54, 1.807) is 18.8 Å². The second-order valence-electron chi connectivity index (χ2n) is 9.38. The van der Waals surface area contributed by atoms with Gasteiger partial charge in [0.1, 0.15) is 6.10 Å². The first kappa shape index (κ1) is 25.7. The fraction of sp³-hybridized carbons (Fsp3) is 0.950. The monoisotopic (exact) mass is 454 g/mol. The Kier molecular flexibility index (Phi) is 8.51. The van der Waals surface area contributed by atoms with Gasteiger partial charge in [-0.1, -0.05) is 0 Å². The fourth-order valence-corrected chi connectivity index (χ4v) is 5.64. The summed E-state index contributed by atoms with van der Waals surface area (Å²) in [5.74, 6) is -0.608. The minimum atomic E-state index is -0.595. The Hall–Kier alpha value is -0.880. The van der Waals surface area contributed by atoms with Gasteiger partial charge in [-0.05, 0) is 27.1 Å². The molecule has 32 heavy (non-hydrogen) atoms. The third-order valence-corrected chi connectivity index (χ3v) is 6.77. The number of hydrogen-bond acceptors (Lipinski definition) is 9. The summed E-state index contributed by atoms with van der Waals surface area (Å²) < 4.78 is 33.1. The van der Waals surface area contributed by atoms with E-state index >= 15 is 0 Å². The third kappa shape index (κ3) is 5.11. The van der Waals surface area contributed by atoms with Crippen LogP contribution in [0, 0.1) is 11.8 Å². The molecule has 4 rings (SSSR count). The molecule has 2 saturated heterocycles. The quantitative estimate of drug-likeness (QED) is 0.406. The Bertz CT molecular complexity index is 670. The van der Waals surface area contributed by atoms with Crippen molar-refractivity contribution in [2.45, 2.75) is 82.7 Å². The molecular weight excluding hydrogens is 418 g/mol. The van der Waals surface area contributed by atoms with Crippen LogP contribution < -0.4 is 5.23 Å². The fourth-order valence-electron chi connectivity index (χ4n) is 5.64. The predicted octanol–water partition coefficient (Wildman–Crippen LogP) is -0.768. The van der Waals surface area contributed by atoms with E-state index < -0.39 is 12.8 Å². The molecule has 4 fully saturated rings. The van der Waals surface area contributed by atoms with Crippen molar-refractivity contribution in [2.75, 3.05) is 26.8 Å². The summed E-state index contributed by atoms with van der Waals surface area (Å²) in [6, 6.07) is 0.0492. The zero-order valence-corrected chi connectivity index (χ0v) is 19.6. The van der Waals surface area contributed by atoms with Crippen LogP contribution in [0.15, 0.2) is 0 Å².